The Labute approximate surface area is 129 Å². The number of hydrogen-bond acceptors (Lipinski definition) is 2. The predicted octanol–water partition coefficient (Wildman–Crippen LogP) is 4.30. The van der Waals surface area contributed by atoms with Crippen LogP contribution >= 0.6 is 11.6 Å². The lowest BCUT2D eigenvalue weighted by atomic mass is 10.1. The second-order valence-electron chi connectivity index (χ2n) is 5.66. The largest absolute Gasteiger partial charge is 0.397 e. The molecule has 1 aliphatic carbocycles. The standard InChI is InChI=1S/C17H18ClN3/c18-13-5-3-4-12(8-13)9-17-16(20)10-15(11-19)21(17)14-6-1-2-7-14/h3-5,8,10,14H,1-2,6-7,9,20H2. The molecule has 1 fully saturated rings. The van der Waals surface area contributed by atoms with Crippen LogP contribution in [-0.2, 0) is 6.42 Å². The minimum absolute atomic E-state index is 0.408. The van der Waals surface area contributed by atoms with Gasteiger partial charge in [0.05, 0.1) is 5.69 Å². The van der Waals surface area contributed by atoms with E-state index in [-0.39, 0.29) is 0 Å². The Morgan fingerprint density at radius 3 is 2.71 bits per heavy atom. The van der Waals surface area contributed by atoms with Gasteiger partial charge in [-0.05, 0) is 36.6 Å². The van der Waals surface area contributed by atoms with E-state index in [1.807, 2.05) is 24.3 Å². The van der Waals surface area contributed by atoms with Crippen molar-refractivity contribution in [3.05, 3.63) is 52.3 Å². The topological polar surface area (TPSA) is 54.7 Å². The first-order valence-corrected chi connectivity index (χ1v) is 7.71. The number of nitrogen functional groups attached to an aromatic ring is 1. The highest BCUT2D eigenvalue weighted by Gasteiger charge is 2.23. The number of hydrogen-bond donors (Lipinski definition) is 1. The van der Waals surface area contributed by atoms with E-state index in [1.165, 1.54) is 12.8 Å². The second kappa shape index (κ2) is 5.83. The van der Waals surface area contributed by atoms with Gasteiger partial charge in [0.2, 0.25) is 0 Å². The minimum atomic E-state index is 0.408. The Morgan fingerprint density at radius 1 is 1.29 bits per heavy atom. The molecule has 0 spiro atoms. The lowest BCUT2D eigenvalue weighted by Gasteiger charge is -2.18. The van der Waals surface area contributed by atoms with E-state index in [1.54, 1.807) is 6.07 Å². The first-order chi connectivity index (χ1) is 10.2. The summed E-state index contributed by atoms with van der Waals surface area (Å²) in [5, 5.41) is 10.1. The molecule has 2 N–H and O–H groups in total. The number of nitrogens with two attached hydrogens (primary N) is 1. The van der Waals surface area contributed by atoms with Crippen LogP contribution in [0, 0.1) is 11.3 Å². The highest BCUT2D eigenvalue weighted by atomic mass is 35.5. The summed E-state index contributed by atoms with van der Waals surface area (Å²) in [6.45, 7) is 0. The van der Waals surface area contributed by atoms with Gasteiger partial charge in [0.1, 0.15) is 11.8 Å². The molecule has 0 bridgehead atoms. The van der Waals surface area contributed by atoms with E-state index in [9.17, 15) is 5.26 Å². The quantitative estimate of drug-likeness (QED) is 0.918. The molecule has 1 saturated carbocycles. The van der Waals surface area contributed by atoms with Gasteiger partial charge in [-0.15, -0.1) is 0 Å². The Balaban J connectivity index is 2.01. The molecule has 1 aromatic heterocycles. The van der Waals surface area contributed by atoms with Gasteiger partial charge in [0.25, 0.3) is 0 Å². The van der Waals surface area contributed by atoms with E-state index in [4.69, 9.17) is 17.3 Å². The summed E-state index contributed by atoms with van der Waals surface area (Å²) >= 11 is 6.06. The minimum Gasteiger partial charge on any atom is -0.397 e. The maximum atomic E-state index is 9.38. The summed E-state index contributed by atoms with van der Waals surface area (Å²) in [6, 6.07) is 12.3. The van der Waals surface area contributed by atoms with Crippen molar-refractivity contribution in [2.24, 2.45) is 0 Å². The Morgan fingerprint density at radius 2 is 2.05 bits per heavy atom. The zero-order chi connectivity index (χ0) is 14.8. The molecule has 3 nitrogen and oxygen atoms in total. The SMILES string of the molecule is N#Cc1cc(N)c(Cc2cccc(Cl)c2)n1C1CCCC1. The fraction of sp³-hybridized carbons (Fsp3) is 0.353. The van der Waals surface area contributed by atoms with Gasteiger partial charge in [-0.2, -0.15) is 5.26 Å². The summed E-state index contributed by atoms with van der Waals surface area (Å²) in [6.07, 6.45) is 5.43. The van der Waals surface area contributed by atoms with Crippen LogP contribution in [0.15, 0.2) is 30.3 Å². The van der Waals surface area contributed by atoms with Crippen LogP contribution < -0.4 is 5.73 Å². The van der Waals surface area contributed by atoms with Crippen molar-refractivity contribution in [1.29, 1.82) is 5.26 Å². The Kier molecular flexibility index (Phi) is 3.90. The number of nitrogens with zero attached hydrogens (tertiary/aromatic N) is 2. The van der Waals surface area contributed by atoms with E-state index in [0.29, 0.717) is 23.8 Å². The van der Waals surface area contributed by atoms with Crippen LogP contribution in [0.5, 0.6) is 0 Å². The maximum Gasteiger partial charge on any atom is 0.122 e. The van der Waals surface area contributed by atoms with Crippen molar-refractivity contribution in [1.82, 2.24) is 4.57 Å². The van der Waals surface area contributed by atoms with E-state index in [2.05, 4.69) is 10.6 Å². The number of nitriles is 1. The molecule has 3 rings (SSSR count). The van der Waals surface area contributed by atoms with Crippen LogP contribution in [0.25, 0.3) is 0 Å². The highest BCUT2D eigenvalue weighted by molar-refractivity contribution is 6.30. The summed E-state index contributed by atoms with van der Waals surface area (Å²) in [5.74, 6) is 0. The van der Waals surface area contributed by atoms with Gasteiger partial charge >= 0.3 is 0 Å². The molecular weight excluding hydrogens is 282 g/mol. The van der Waals surface area contributed by atoms with Gasteiger partial charge < -0.3 is 10.3 Å². The smallest absolute Gasteiger partial charge is 0.122 e. The predicted molar refractivity (Wildman–Crippen MR) is 85.3 cm³/mol. The average Bonchev–Trinajstić information content (AvgIpc) is 3.08. The normalized spacial score (nSPS) is 15.2. The van der Waals surface area contributed by atoms with Gasteiger partial charge in [0.15, 0.2) is 0 Å². The molecule has 4 heteroatoms. The number of benzene rings is 1. The third-order valence-corrected chi connectivity index (χ3v) is 4.48. The van der Waals surface area contributed by atoms with Crippen LogP contribution in [0.4, 0.5) is 5.69 Å². The van der Waals surface area contributed by atoms with Crippen molar-refractivity contribution in [3.8, 4) is 6.07 Å². The number of anilines is 1. The number of aromatic nitrogens is 1. The first-order valence-electron chi connectivity index (χ1n) is 7.33. The number of rotatable bonds is 3. The van der Waals surface area contributed by atoms with Gasteiger partial charge in [0, 0.05) is 23.2 Å². The van der Waals surface area contributed by atoms with Crippen LogP contribution in [0.2, 0.25) is 5.02 Å². The molecule has 1 heterocycles. The molecule has 0 saturated heterocycles. The molecule has 0 aliphatic heterocycles. The Hall–Kier alpha value is -1.92. The molecule has 0 amide bonds. The van der Waals surface area contributed by atoms with Crippen molar-refractivity contribution in [2.45, 2.75) is 38.1 Å². The molecule has 21 heavy (non-hydrogen) atoms. The fourth-order valence-electron chi connectivity index (χ4n) is 3.28. The van der Waals surface area contributed by atoms with Gasteiger partial charge in [-0.1, -0.05) is 36.6 Å². The van der Waals surface area contributed by atoms with Crippen LogP contribution in [0.3, 0.4) is 0 Å². The van der Waals surface area contributed by atoms with Gasteiger partial charge in [-0.25, -0.2) is 0 Å². The van der Waals surface area contributed by atoms with E-state index in [0.717, 1.165) is 29.1 Å². The third kappa shape index (κ3) is 2.77. The summed E-state index contributed by atoms with van der Waals surface area (Å²) < 4.78 is 2.16. The molecular formula is C17H18ClN3. The van der Waals surface area contributed by atoms with Crippen molar-refractivity contribution >= 4 is 17.3 Å². The monoisotopic (exact) mass is 299 g/mol. The van der Waals surface area contributed by atoms with Crippen molar-refractivity contribution in [3.63, 3.8) is 0 Å². The van der Waals surface area contributed by atoms with Crippen LogP contribution in [0.1, 0.15) is 48.7 Å². The zero-order valence-corrected chi connectivity index (χ0v) is 12.6. The Bertz CT molecular complexity index is 691. The fourth-order valence-corrected chi connectivity index (χ4v) is 3.49. The lowest BCUT2D eigenvalue weighted by molar-refractivity contribution is 0.502. The second-order valence-corrected chi connectivity index (χ2v) is 6.09. The summed E-state index contributed by atoms with van der Waals surface area (Å²) in [4.78, 5) is 0. The molecule has 1 aromatic carbocycles. The van der Waals surface area contributed by atoms with E-state index < -0.39 is 0 Å². The average molecular weight is 300 g/mol. The maximum absolute atomic E-state index is 9.38. The molecule has 0 radical (unpaired) electrons. The summed E-state index contributed by atoms with van der Waals surface area (Å²) in [7, 11) is 0. The first kappa shape index (κ1) is 14.0. The van der Waals surface area contributed by atoms with Gasteiger partial charge in [-0.3, -0.25) is 0 Å². The lowest BCUT2D eigenvalue weighted by Crippen LogP contribution is -2.12. The summed E-state index contributed by atoms with van der Waals surface area (Å²) in [5.41, 5.74) is 9.71. The molecule has 2 aromatic rings. The van der Waals surface area contributed by atoms with Crippen molar-refractivity contribution in [2.75, 3.05) is 5.73 Å². The van der Waals surface area contributed by atoms with E-state index >= 15 is 0 Å². The third-order valence-electron chi connectivity index (χ3n) is 4.24. The van der Waals surface area contributed by atoms with Crippen LogP contribution in [-0.4, -0.2) is 4.57 Å². The van der Waals surface area contributed by atoms with Crippen molar-refractivity contribution < 1.29 is 0 Å². The molecule has 0 atom stereocenters. The highest BCUT2D eigenvalue weighted by Crippen LogP contribution is 2.35. The molecule has 108 valence electrons. The molecule has 0 unspecified atom stereocenters. The number of halogens is 1. The molecule has 1 aliphatic rings. The zero-order valence-electron chi connectivity index (χ0n) is 11.8.